The Morgan fingerprint density at radius 1 is 1.47 bits per heavy atom. The molecule has 0 saturated heterocycles. The average molecular weight is 260 g/mol. The van der Waals surface area contributed by atoms with Crippen LogP contribution in [-0.4, -0.2) is 40.6 Å². The molecule has 1 aliphatic rings. The molecule has 1 fully saturated rings. The van der Waals surface area contributed by atoms with E-state index in [1.54, 1.807) is 11.8 Å². The third kappa shape index (κ3) is 3.89. The number of amides is 1. The predicted octanol–water partition coefficient (Wildman–Crippen LogP) is 0.580. The molecule has 1 rings (SSSR count). The molecule has 1 atom stereocenters. The van der Waals surface area contributed by atoms with Gasteiger partial charge >= 0.3 is 5.97 Å². The number of carbonyl (C=O) groups is 2. The Morgan fingerprint density at radius 3 is 2.53 bits per heavy atom. The summed E-state index contributed by atoms with van der Waals surface area (Å²) in [5, 5.41) is 11.6. The van der Waals surface area contributed by atoms with Gasteiger partial charge in [0.05, 0.1) is 5.54 Å². The molecule has 6 heteroatoms. The van der Waals surface area contributed by atoms with E-state index in [1.165, 1.54) is 0 Å². The number of rotatable bonds is 6. The summed E-state index contributed by atoms with van der Waals surface area (Å²) in [7, 11) is 0. The molecule has 98 valence electrons. The first-order valence-corrected chi connectivity index (χ1v) is 7.20. The number of carboxylic acids is 1. The SMILES string of the molecule is CSCCC(NC(=O)C1(N)CCCC1)C(=O)O. The van der Waals surface area contributed by atoms with Crippen molar-refractivity contribution in [3.63, 3.8) is 0 Å². The van der Waals surface area contributed by atoms with Gasteiger partial charge in [-0.15, -0.1) is 0 Å². The molecule has 0 aromatic rings. The van der Waals surface area contributed by atoms with Crippen LogP contribution in [0.25, 0.3) is 0 Å². The fraction of sp³-hybridized carbons (Fsp3) is 0.818. The Kier molecular flexibility index (Phi) is 5.27. The summed E-state index contributed by atoms with van der Waals surface area (Å²) in [4.78, 5) is 22.9. The van der Waals surface area contributed by atoms with E-state index in [0.717, 1.165) is 12.8 Å². The maximum Gasteiger partial charge on any atom is 0.326 e. The molecular weight excluding hydrogens is 240 g/mol. The topological polar surface area (TPSA) is 92.4 Å². The molecule has 17 heavy (non-hydrogen) atoms. The van der Waals surface area contributed by atoms with Crippen molar-refractivity contribution < 1.29 is 14.7 Å². The number of nitrogens with two attached hydrogens (primary N) is 1. The van der Waals surface area contributed by atoms with Crippen LogP contribution in [0.15, 0.2) is 0 Å². The van der Waals surface area contributed by atoms with Crippen LogP contribution < -0.4 is 11.1 Å². The Balaban J connectivity index is 2.54. The Bertz CT molecular complexity index is 290. The van der Waals surface area contributed by atoms with E-state index < -0.39 is 17.6 Å². The fourth-order valence-electron chi connectivity index (χ4n) is 2.03. The van der Waals surface area contributed by atoms with Gasteiger partial charge in [-0.2, -0.15) is 11.8 Å². The first kappa shape index (κ1) is 14.3. The highest BCUT2D eigenvalue weighted by atomic mass is 32.2. The molecule has 1 unspecified atom stereocenters. The van der Waals surface area contributed by atoms with Crippen molar-refractivity contribution in [2.45, 2.75) is 43.7 Å². The van der Waals surface area contributed by atoms with Crippen molar-refractivity contribution in [1.29, 1.82) is 0 Å². The number of hydrogen-bond acceptors (Lipinski definition) is 4. The van der Waals surface area contributed by atoms with Gasteiger partial charge in [0.1, 0.15) is 6.04 Å². The predicted molar refractivity (Wildman–Crippen MR) is 68.0 cm³/mol. The molecule has 0 aromatic heterocycles. The maximum absolute atomic E-state index is 11.9. The first-order valence-electron chi connectivity index (χ1n) is 5.81. The molecule has 0 heterocycles. The highest BCUT2D eigenvalue weighted by Crippen LogP contribution is 2.27. The molecular formula is C11H20N2O3S. The summed E-state index contributed by atoms with van der Waals surface area (Å²) in [6, 6.07) is -0.823. The maximum atomic E-state index is 11.9. The van der Waals surface area contributed by atoms with Gasteiger partial charge in [-0.05, 0) is 31.3 Å². The summed E-state index contributed by atoms with van der Waals surface area (Å²) in [6.07, 6.45) is 5.50. The second-order valence-corrected chi connectivity index (χ2v) is 5.49. The second kappa shape index (κ2) is 6.26. The zero-order chi connectivity index (χ0) is 12.9. The van der Waals surface area contributed by atoms with Crippen LogP contribution in [0.1, 0.15) is 32.1 Å². The number of nitrogens with one attached hydrogen (secondary N) is 1. The van der Waals surface area contributed by atoms with Gasteiger partial charge in [0.2, 0.25) is 5.91 Å². The molecule has 0 spiro atoms. The molecule has 0 aromatic carbocycles. The summed E-state index contributed by atoms with van der Waals surface area (Å²) < 4.78 is 0. The van der Waals surface area contributed by atoms with Crippen molar-refractivity contribution in [2.75, 3.05) is 12.0 Å². The standard InChI is InChI=1S/C11H20N2O3S/c1-17-7-4-8(9(14)15)13-10(16)11(12)5-2-3-6-11/h8H,2-7,12H2,1H3,(H,13,16)(H,14,15). The van der Waals surface area contributed by atoms with E-state index in [2.05, 4.69) is 5.32 Å². The van der Waals surface area contributed by atoms with Crippen molar-refractivity contribution in [2.24, 2.45) is 5.73 Å². The summed E-state index contributed by atoms with van der Waals surface area (Å²) >= 11 is 1.56. The average Bonchev–Trinajstić information content (AvgIpc) is 2.72. The van der Waals surface area contributed by atoms with Gasteiger partial charge in [-0.3, -0.25) is 4.79 Å². The minimum Gasteiger partial charge on any atom is -0.480 e. The van der Waals surface area contributed by atoms with Crippen molar-refractivity contribution in [3.8, 4) is 0 Å². The Labute approximate surface area is 106 Å². The fourth-order valence-corrected chi connectivity index (χ4v) is 2.50. The molecule has 4 N–H and O–H groups in total. The highest BCUT2D eigenvalue weighted by molar-refractivity contribution is 7.98. The molecule has 0 radical (unpaired) electrons. The third-order valence-corrected chi connectivity index (χ3v) is 3.81. The van der Waals surface area contributed by atoms with Crippen molar-refractivity contribution in [1.82, 2.24) is 5.32 Å². The summed E-state index contributed by atoms with van der Waals surface area (Å²) in [6.45, 7) is 0. The minimum absolute atomic E-state index is 0.316. The van der Waals surface area contributed by atoms with Gasteiger partial charge in [-0.25, -0.2) is 4.79 Å². The molecule has 0 bridgehead atoms. The number of hydrogen-bond donors (Lipinski definition) is 3. The monoisotopic (exact) mass is 260 g/mol. The second-order valence-electron chi connectivity index (χ2n) is 4.51. The zero-order valence-corrected chi connectivity index (χ0v) is 10.9. The van der Waals surface area contributed by atoms with Crippen LogP contribution in [-0.2, 0) is 9.59 Å². The molecule has 0 aliphatic heterocycles. The van der Waals surface area contributed by atoms with Gasteiger partial charge in [0.25, 0.3) is 0 Å². The van der Waals surface area contributed by atoms with E-state index in [9.17, 15) is 9.59 Å². The normalized spacial score (nSPS) is 19.9. The molecule has 5 nitrogen and oxygen atoms in total. The minimum atomic E-state index is -0.992. The van der Waals surface area contributed by atoms with E-state index in [-0.39, 0.29) is 5.91 Å². The van der Waals surface area contributed by atoms with Crippen LogP contribution in [0, 0.1) is 0 Å². The van der Waals surface area contributed by atoms with Crippen LogP contribution in [0.4, 0.5) is 0 Å². The first-order chi connectivity index (χ1) is 7.99. The zero-order valence-electron chi connectivity index (χ0n) is 10.1. The van der Waals surface area contributed by atoms with Gasteiger partial charge in [0, 0.05) is 0 Å². The van der Waals surface area contributed by atoms with E-state index in [4.69, 9.17) is 10.8 Å². The molecule has 1 amide bonds. The van der Waals surface area contributed by atoms with Crippen LogP contribution in [0.5, 0.6) is 0 Å². The largest absolute Gasteiger partial charge is 0.480 e. The molecule has 1 aliphatic carbocycles. The van der Waals surface area contributed by atoms with E-state index in [1.807, 2.05) is 6.26 Å². The number of aliphatic carboxylic acids is 1. The van der Waals surface area contributed by atoms with Crippen molar-refractivity contribution in [3.05, 3.63) is 0 Å². The van der Waals surface area contributed by atoms with Crippen LogP contribution in [0.2, 0.25) is 0 Å². The number of carbonyl (C=O) groups excluding carboxylic acids is 1. The number of thioether (sulfide) groups is 1. The lowest BCUT2D eigenvalue weighted by Gasteiger charge is -2.24. The summed E-state index contributed by atoms with van der Waals surface area (Å²) in [5.41, 5.74) is 5.12. The van der Waals surface area contributed by atoms with Gasteiger partial charge < -0.3 is 16.2 Å². The number of carboxylic acid groups (broad SMARTS) is 1. The van der Waals surface area contributed by atoms with E-state index in [0.29, 0.717) is 25.0 Å². The smallest absolute Gasteiger partial charge is 0.326 e. The lowest BCUT2D eigenvalue weighted by atomic mass is 9.97. The lowest BCUT2D eigenvalue weighted by Crippen LogP contribution is -2.56. The highest BCUT2D eigenvalue weighted by Gasteiger charge is 2.38. The Morgan fingerprint density at radius 2 is 2.06 bits per heavy atom. The van der Waals surface area contributed by atoms with Crippen molar-refractivity contribution >= 4 is 23.6 Å². The lowest BCUT2D eigenvalue weighted by molar-refractivity contribution is -0.142. The van der Waals surface area contributed by atoms with Gasteiger partial charge in [-0.1, -0.05) is 12.8 Å². The van der Waals surface area contributed by atoms with E-state index >= 15 is 0 Å². The summed E-state index contributed by atoms with van der Waals surface area (Å²) in [5.74, 6) is -0.605. The quantitative estimate of drug-likeness (QED) is 0.649. The van der Waals surface area contributed by atoms with Crippen LogP contribution >= 0.6 is 11.8 Å². The molecule has 1 saturated carbocycles. The van der Waals surface area contributed by atoms with Crippen LogP contribution in [0.3, 0.4) is 0 Å². The van der Waals surface area contributed by atoms with Gasteiger partial charge in [0.15, 0.2) is 0 Å². The Hall–Kier alpha value is -0.750. The third-order valence-electron chi connectivity index (χ3n) is 3.16.